The molecule has 0 atom stereocenters. The quantitative estimate of drug-likeness (QED) is 0.894. The van der Waals surface area contributed by atoms with E-state index in [1.807, 2.05) is 12.1 Å². The molecule has 0 amide bonds. The number of hydrogen-bond acceptors (Lipinski definition) is 5. The first kappa shape index (κ1) is 10.7. The molecule has 18 heavy (non-hydrogen) atoms. The van der Waals surface area contributed by atoms with Crippen molar-refractivity contribution in [3.8, 4) is 17.2 Å². The predicted octanol–water partition coefficient (Wildman–Crippen LogP) is 1.97. The van der Waals surface area contributed by atoms with E-state index in [1.165, 1.54) is 0 Å². The zero-order chi connectivity index (χ0) is 12.4. The normalized spacial score (nSPS) is 12.4. The highest BCUT2D eigenvalue weighted by Crippen LogP contribution is 2.35. The zero-order valence-electron chi connectivity index (χ0n) is 9.63. The molecule has 2 N–H and O–H groups in total. The van der Waals surface area contributed by atoms with Gasteiger partial charge in [-0.3, -0.25) is 4.98 Å². The molecule has 3 rings (SSSR count). The van der Waals surface area contributed by atoms with E-state index < -0.39 is 0 Å². The summed E-state index contributed by atoms with van der Waals surface area (Å²) in [6.07, 6.45) is 1.66. The van der Waals surface area contributed by atoms with Gasteiger partial charge in [0.25, 0.3) is 0 Å². The number of nitrogens with two attached hydrogens (primary N) is 1. The van der Waals surface area contributed by atoms with Crippen molar-refractivity contribution in [3.63, 3.8) is 0 Å². The number of hydrogen-bond donors (Lipinski definition) is 1. The van der Waals surface area contributed by atoms with Crippen molar-refractivity contribution >= 4 is 5.69 Å². The molecule has 0 spiro atoms. The highest BCUT2D eigenvalue weighted by Gasteiger charge is 2.13. The topological polar surface area (TPSA) is 66.6 Å². The summed E-state index contributed by atoms with van der Waals surface area (Å²) in [5.41, 5.74) is 7.13. The maximum atomic E-state index is 5.67. The number of anilines is 1. The maximum Gasteiger partial charge on any atom is 0.231 e. The summed E-state index contributed by atoms with van der Waals surface area (Å²) in [4.78, 5) is 4.17. The highest BCUT2D eigenvalue weighted by molar-refractivity contribution is 5.47. The molecule has 92 valence electrons. The van der Waals surface area contributed by atoms with Crippen LogP contribution in [0, 0.1) is 0 Å². The van der Waals surface area contributed by atoms with Gasteiger partial charge in [-0.1, -0.05) is 0 Å². The van der Waals surface area contributed by atoms with Crippen molar-refractivity contribution in [2.24, 2.45) is 0 Å². The summed E-state index contributed by atoms with van der Waals surface area (Å²) < 4.78 is 16.1. The van der Waals surface area contributed by atoms with Crippen molar-refractivity contribution in [3.05, 3.63) is 42.2 Å². The first-order valence-electron chi connectivity index (χ1n) is 5.54. The molecule has 5 heteroatoms. The minimum Gasteiger partial charge on any atom is -0.487 e. The predicted molar refractivity (Wildman–Crippen MR) is 65.5 cm³/mol. The van der Waals surface area contributed by atoms with Crippen LogP contribution in [0.2, 0.25) is 0 Å². The first-order valence-corrected chi connectivity index (χ1v) is 5.54. The summed E-state index contributed by atoms with van der Waals surface area (Å²) in [5, 5.41) is 0. The molecule has 1 aliphatic rings. The minimum atomic E-state index is 0.259. The summed E-state index contributed by atoms with van der Waals surface area (Å²) >= 11 is 0. The Morgan fingerprint density at radius 3 is 2.94 bits per heavy atom. The van der Waals surface area contributed by atoms with Crippen molar-refractivity contribution in [1.82, 2.24) is 4.98 Å². The second-order valence-corrected chi connectivity index (χ2v) is 3.88. The van der Waals surface area contributed by atoms with Gasteiger partial charge in [-0.05, 0) is 24.3 Å². The van der Waals surface area contributed by atoms with Gasteiger partial charge in [-0.25, -0.2) is 0 Å². The molecule has 0 bridgehead atoms. The second-order valence-electron chi connectivity index (χ2n) is 3.88. The molecule has 2 aromatic rings. The Morgan fingerprint density at radius 1 is 1.17 bits per heavy atom. The van der Waals surface area contributed by atoms with Crippen LogP contribution in [-0.2, 0) is 6.61 Å². The van der Waals surface area contributed by atoms with E-state index in [4.69, 9.17) is 19.9 Å². The van der Waals surface area contributed by atoms with Crippen LogP contribution in [0.4, 0.5) is 5.69 Å². The lowest BCUT2D eigenvalue weighted by atomic mass is 10.3. The molecule has 2 heterocycles. The summed E-state index contributed by atoms with van der Waals surface area (Å²) in [7, 11) is 0. The number of benzene rings is 1. The van der Waals surface area contributed by atoms with E-state index in [-0.39, 0.29) is 6.79 Å². The van der Waals surface area contributed by atoms with Crippen molar-refractivity contribution in [2.75, 3.05) is 12.5 Å². The van der Waals surface area contributed by atoms with Gasteiger partial charge in [-0.2, -0.15) is 0 Å². The molecular formula is C13H12N2O3. The Hall–Kier alpha value is -2.43. The van der Waals surface area contributed by atoms with E-state index in [1.54, 1.807) is 24.4 Å². The van der Waals surface area contributed by atoms with Crippen LogP contribution in [0.3, 0.4) is 0 Å². The van der Waals surface area contributed by atoms with E-state index in [2.05, 4.69) is 4.98 Å². The summed E-state index contributed by atoms with van der Waals surface area (Å²) in [6, 6.07) is 8.98. The standard InChI is InChI=1S/C13H12N2O3/c14-9-3-4-15-10(5-9)7-16-11-1-2-12-13(6-11)18-8-17-12/h1-6H,7-8H2,(H2,14,15). The first-order chi connectivity index (χ1) is 8.81. The van der Waals surface area contributed by atoms with Gasteiger partial charge < -0.3 is 19.9 Å². The lowest BCUT2D eigenvalue weighted by Gasteiger charge is -2.06. The number of rotatable bonds is 3. The zero-order valence-corrected chi connectivity index (χ0v) is 9.63. The number of ether oxygens (including phenoxy) is 3. The molecule has 0 fully saturated rings. The molecule has 0 radical (unpaired) electrons. The number of aromatic nitrogens is 1. The average Bonchev–Trinajstić information content (AvgIpc) is 2.84. The fourth-order valence-corrected chi connectivity index (χ4v) is 1.70. The Bertz CT molecular complexity index is 572. The Kier molecular flexibility index (Phi) is 2.64. The SMILES string of the molecule is Nc1ccnc(COc2ccc3c(c2)OCO3)c1. The van der Waals surface area contributed by atoms with Gasteiger partial charge in [-0.15, -0.1) is 0 Å². The van der Waals surface area contributed by atoms with Gasteiger partial charge in [0.15, 0.2) is 11.5 Å². The fraction of sp³-hybridized carbons (Fsp3) is 0.154. The van der Waals surface area contributed by atoms with Crippen LogP contribution in [0.15, 0.2) is 36.5 Å². The van der Waals surface area contributed by atoms with Crippen LogP contribution in [0.1, 0.15) is 5.69 Å². The smallest absolute Gasteiger partial charge is 0.231 e. The van der Waals surface area contributed by atoms with E-state index >= 15 is 0 Å². The number of nitrogen functional groups attached to an aromatic ring is 1. The average molecular weight is 244 g/mol. The van der Waals surface area contributed by atoms with E-state index in [0.29, 0.717) is 23.8 Å². The van der Waals surface area contributed by atoms with Crippen molar-refractivity contribution in [2.45, 2.75) is 6.61 Å². The molecule has 0 unspecified atom stereocenters. The van der Waals surface area contributed by atoms with Crippen LogP contribution in [0.25, 0.3) is 0 Å². The second kappa shape index (κ2) is 4.44. The monoisotopic (exact) mass is 244 g/mol. The maximum absolute atomic E-state index is 5.67. The fourth-order valence-electron chi connectivity index (χ4n) is 1.70. The lowest BCUT2D eigenvalue weighted by Crippen LogP contribution is -1.99. The molecule has 0 saturated carbocycles. The Labute approximate surface area is 104 Å². The van der Waals surface area contributed by atoms with Crippen LogP contribution in [-0.4, -0.2) is 11.8 Å². The third-order valence-corrected chi connectivity index (χ3v) is 2.57. The largest absolute Gasteiger partial charge is 0.487 e. The lowest BCUT2D eigenvalue weighted by molar-refractivity contribution is 0.173. The molecule has 0 saturated heterocycles. The van der Waals surface area contributed by atoms with Crippen molar-refractivity contribution in [1.29, 1.82) is 0 Å². The Balaban J connectivity index is 1.70. The summed E-state index contributed by atoms with van der Waals surface area (Å²) in [6.45, 7) is 0.625. The van der Waals surface area contributed by atoms with Crippen LogP contribution < -0.4 is 19.9 Å². The number of pyridine rings is 1. The molecule has 1 aromatic heterocycles. The molecule has 1 aliphatic heterocycles. The van der Waals surface area contributed by atoms with E-state index in [0.717, 1.165) is 11.4 Å². The third kappa shape index (κ3) is 2.15. The van der Waals surface area contributed by atoms with Gasteiger partial charge in [0.1, 0.15) is 12.4 Å². The third-order valence-electron chi connectivity index (χ3n) is 2.57. The minimum absolute atomic E-state index is 0.259. The molecule has 5 nitrogen and oxygen atoms in total. The van der Waals surface area contributed by atoms with Gasteiger partial charge >= 0.3 is 0 Å². The van der Waals surface area contributed by atoms with Crippen molar-refractivity contribution < 1.29 is 14.2 Å². The number of nitrogens with zero attached hydrogens (tertiary/aromatic N) is 1. The molecular weight excluding hydrogens is 232 g/mol. The van der Waals surface area contributed by atoms with Crippen LogP contribution >= 0.6 is 0 Å². The van der Waals surface area contributed by atoms with E-state index in [9.17, 15) is 0 Å². The van der Waals surface area contributed by atoms with Gasteiger partial charge in [0.2, 0.25) is 6.79 Å². The summed E-state index contributed by atoms with van der Waals surface area (Å²) in [5.74, 6) is 2.15. The number of fused-ring (bicyclic) bond motifs is 1. The van der Waals surface area contributed by atoms with Crippen LogP contribution in [0.5, 0.6) is 17.2 Å². The molecule has 1 aromatic carbocycles. The molecule has 0 aliphatic carbocycles. The van der Waals surface area contributed by atoms with Gasteiger partial charge in [0, 0.05) is 18.0 Å². The Morgan fingerprint density at radius 2 is 2.06 bits per heavy atom. The highest BCUT2D eigenvalue weighted by atomic mass is 16.7. The van der Waals surface area contributed by atoms with Gasteiger partial charge in [0.05, 0.1) is 5.69 Å².